The van der Waals surface area contributed by atoms with Crippen molar-refractivity contribution in [3.63, 3.8) is 0 Å². The second kappa shape index (κ2) is 5.06. The van der Waals surface area contributed by atoms with Crippen molar-refractivity contribution >= 4 is 12.6 Å². The van der Waals surface area contributed by atoms with Crippen LogP contribution in [0.25, 0.3) is 0 Å². The molecule has 0 bridgehead atoms. The highest BCUT2D eigenvalue weighted by molar-refractivity contribution is 6.63. The van der Waals surface area contributed by atoms with Gasteiger partial charge in [-0.3, -0.25) is 0 Å². The minimum Gasteiger partial charge on any atom is -0.508 e. The van der Waals surface area contributed by atoms with Crippen LogP contribution >= 0.6 is 0 Å². The summed E-state index contributed by atoms with van der Waals surface area (Å²) < 4.78 is 12.0. The fourth-order valence-corrected chi connectivity index (χ4v) is 2.28. The topological polar surface area (TPSA) is 64.7 Å². The lowest BCUT2D eigenvalue weighted by molar-refractivity contribution is 0.00578. The molecule has 0 amide bonds. The van der Waals surface area contributed by atoms with E-state index < -0.39 is 18.3 Å². The molecule has 1 atom stereocenters. The third kappa shape index (κ3) is 2.71. The van der Waals surface area contributed by atoms with Gasteiger partial charge in [-0.1, -0.05) is 18.2 Å². The van der Waals surface area contributed by atoms with Crippen molar-refractivity contribution in [1.29, 1.82) is 0 Å². The normalized spacial score (nSPS) is 22.0. The summed E-state index contributed by atoms with van der Waals surface area (Å²) in [5, 5.41) is 10.4. The van der Waals surface area contributed by atoms with Gasteiger partial charge in [0.05, 0.1) is 11.2 Å². The van der Waals surface area contributed by atoms with E-state index in [2.05, 4.69) is 0 Å². The van der Waals surface area contributed by atoms with Crippen molar-refractivity contribution in [2.24, 2.45) is 5.73 Å². The molecular weight excluding hydrogens is 253 g/mol. The molecule has 1 fully saturated rings. The first-order valence-corrected chi connectivity index (χ1v) is 7.06. The lowest BCUT2D eigenvalue weighted by Crippen LogP contribution is -2.41. The number of aromatic hydroxyl groups is 1. The Morgan fingerprint density at radius 3 is 2.25 bits per heavy atom. The summed E-state index contributed by atoms with van der Waals surface area (Å²) in [5.41, 5.74) is 6.47. The van der Waals surface area contributed by atoms with E-state index in [1.54, 1.807) is 0 Å². The number of benzene rings is 1. The van der Waals surface area contributed by atoms with E-state index in [-0.39, 0.29) is 11.8 Å². The molecule has 4 nitrogen and oxygen atoms in total. The molecule has 5 heteroatoms. The Hall–Kier alpha value is -1.04. The summed E-state index contributed by atoms with van der Waals surface area (Å²) in [6.07, 6.45) is 0.624. The van der Waals surface area contributed by atoms with Crippen LogP contribution in [0.4, 0.5) is 0 Å². The number of para-hydroxylation sites is 1. The molecule has 3 N–H and O–H groups in total. The zero-order valence-electron chi connectivity index (χ0n) is 12.9. The maximum Gasteiger partial charge on any atom is 0.498 e. The van der Waals surface area contributed by atoms with Crippen LogP contribution in [0.15, 0.2) is 18.2 Å². The van der Waals surface area contributed by atoms with Crippen LogP contribution in [0.5, 0.6) is 5.75 Å². The third-order valence-electron chi connectivity index (χ3n) is 4.20. The Kier molecular flexibility index (Phi) is 3.89. The molecule has 1 aliphatic rings. The van der Waals surface area contributed by atoms with Crippen LogP contribution in [-0.4, -0.2) is 29.5 Å². The van der Waals surface area contributed by atoms with E-state index in [0.717, 1.165) is 5.56 Å². The lowest BCUT2D eigenvalue weighted by atomic mass is 9.77. The Labute approximate surface area is 121 Å². The molecule has 1 unspecified atom stereocenters. The van der Waals surface area contributed by atoms with Gasteiger partial charge in [-0.25, -0.2) is 0 Å². The minimum atomic E-state index is -0.548. The molecule has 110 valence electrons. The number of hydrogen-bond donors (Lipinski definition) is 2. The molecule has 20 heavy (non-hydrogen) atoms. The number of phenolic OH excluding ortho intramolecular Hbond substituents is 1. The molecule has 2 rings (SSSR count). The van der Waals surface area contributed by atoms with Crippen LogP contribution in [-0.2, 0) is 15.7 Å². The summed E-state index contributed by atoms with van der Waals surface area (Å²) in [4.78, 5) is 0. The van der Waals surface area contributed by atoms with E-state index in [4.69, 9.17) is 15.0 Å². The number of nitrogens with two attached hydrogens (primary N) is 1. The third-order valence-corrected chi connectivity index (χ3v) is 4.20. The summed E-state index contributed by atoms with van der Waals surface area (Å²) in [6, 6.07) is 5.61. The highest BCUT2D eigenvalue weighted by Crippen LogP contribution is 2.37. The van der Waals surface area contributed by atoms with Gasteiger partial charge in [0, 0.05) is 11.5 Å². The van der Waals surface area contributed by atoms with Crippen LogP contribution < -0.4 is 11.2 Å². The van der Waals surface area contributed by atoms with Crippen LogP contribution in [0, 0.1) is 0 Å². The second-order valence-corrected chi connectivity index (χ2v) is 6.62. The van der Waals surface area contributed by atoms with E-state index in [0.29, 0.717) is 11.9 Å². The predicted molar refractivity (Wildman–Crippen MR) is 81.2 cm³/mol. The first-order valence-electron chi connectivity index (χ1n) is 7.06. The molecule has 0 aliphatic carbocycles. The largest absolute Gasteiger partial charge is 0.508 e. The molecule has 1 aromatic carbocycles. The number of hydrogen-bond acceptors (Lipinski definition) is 4. The molecule has 1 heterocycles. The van der Waals surface area contributed by atoms with Crippen molar-refractivity contribution in [2.75, 3.05) is 0 Å². The van der Waals surface area contributed by atoms with Gasteiger partial charge in [0.25, 0.3) is 0 Å². The fraction of sp³-hybridized carbons (Fsp3) is 0.600. The van der Waals surface area contributed by atoms with Crippen molar-refractivity contribution < 1.29 is 14.4 Å². The summed E-state index contributed by atoms with van der Waals surface area (Å²) in [5.74, 6) is 0.225. The fourth-order valence-electron chi connectivity index (χ4n) is 2.28. The molecular formula is C15H24BNO3. The Morgan fingerprint density at radius 2 is 1.75 bits per heavy atom. The summed E-state index contributed by atoms with van der Waals surface area (Å²) >= 11 is 0. The molecule has 0 saturated carbocycles. The van der Waals surface area contributed by atoms with Gasteiger partial charge in [-0.15, -0.1) is 0 Å². The van der Waals surface area contributed by atoms with Gasteiger partial charge >= 0.3 is 7.12 Å². The van der Waals surface area contributed by atoms with E-state index >= 15 is 0 Å². The number of phenols is 1. The summed E-state index contributed by atoms with van der Waals surface area (Å²) in [7, 11) is -0.548. The van der Waals surface area contributed by atoms with E-state index in [1.165, 1.54) is 0 Å². The standard InChI is InChI=1S/C15H24BNO3/c1-10(17)9-11-7-6-8-12(13(11)18)16-19-14(2,3)15(4,5)20-16/h6-8,10,18H,9,17H2,1-5H3. The van der Waals surface area contributed by atoms with Crippen LogP contribution in [0.1, 0.15) is 40.2 Å². The van der Waals surface area contributed by atoms with Crippen molar-refractivity contribution in [1.82, 2.24) is 0 Å². The van der Waals surface area contributed by atoms with Crippen molar-refractivity contribution in [3.05, 3.63) is 23.8 Å². The predicted octanol–water partition coefficient (Wildman–Crippen LogP) is 1.58. The monoisotopic (exact) mass is 277 g/mol. The average Bonchev–Trinajstić information content (AvgIpc) is 2.50. The molecule has 1 aliphatic heterocycles. The highest BCUT2D eigenvalue weighted by Gasteiger charge is 2.52. The Morgan fingerprint density at radius 1 is 1.20 bits per heavy atom. The first kappa shape index (κ1) is 15.4. The second-order valence-electron chi connectivity index (χ2n) is 6.62. The van der Waals surface area contributed by atoms with Crippen molar-refractivity contribution in [3.8, 4) is 5.75 Å². The smallest absolute Gasteiger partial charge is 0.498 e. The highest BCUT2D eigenvalue weighted by atomic mass is 16.7. The molecule has 1 aromatic rings. The zero-order valence-corrected chi connectivity index (χ0v) is 12.9. The minimum absolute atomic E-state index is 0.00514. The Balaban J connectivity index is 2.31. The summed E-state index contributed by atoms with van der Waals surface area (Å²) in [6.45, 7) is 9.90. The average molecular weight is 277 g/mol. The lowest BCUT2D eigenvalue weighted by Gasteiger charge is -2.32. The van der Waals surface area contributed by atoms with Crippen LogP contribution in [0.2, 0.25) is 0 Å². The van der Waals surface area contributed by atoms with Gasteiger partial charge in [-0.05, 0) is 46.6 Å². The zero-order chi connectivity index (χ0) is 15.1. The van der Waals surface area contributed by atoms with Crippen LogP contribution in [0.3, 0.4) is 0 Å². The van der Waals surface area contributed by atoms with Gasteiger partial charge in [0.15, 0.2) is 0 Å². The Bertz CT molecular complexity index is 484. The molecule has 0 radical (unpaired) electrons. The molecule has 0 spiro atoms. The SMILES string of the molecule is CC(N)Cc1cccc(B2OC(C)(C)C(C)(C)O2)c1O. The number of rotatable bonds is 3. The van der Waals surface area contributed by atoms with Gasteiger partial charge in [-0.2, -0.15) is 0 Å². The first-order chi connectivity index (χ1) is 9.14. The molecule has 0 aromatic heterocycles. The van der Waals surface area contributed by atoms with Gasteiger partial charge in [0.2, 0.25) is 0 Å². The maximum atomic E-state index is 10.4. The van der Waals surface area contributed by atoms with Crippen molar-refractivity contribution in [2.45, 2.75) is 58.3 Å². The molecule has 1 saturated heterocycles. The maximum absolute atomic E-state index is 10.4. The van der Waals surface area contributed by atoms with Gasteiger partial charge in [0.1, 0.15) is 5.75 Å². The van der Waals surface area contributed by atoms with E-state index in [1.807, 2.05) is 52.8 Å². The quantitative estimate of drug-likeness (QED) is 0.823. The van der Waals surface area contributed by atoms with Gasteiger partial charge < -0.3 is 20.1 Å². The van der Waals surface area contributed by atoms with E-state index in [9.17, 15) is 5.11 Å².